The van der Waals surface area contributed by atoms with Gasteiger partial charge in [-0.3, -0.25) is 4.79 Å². The van der Waals surface area contributed by atoms with Gasteiger partial charge in [0.25, 0.3) is 5.91 Å². The minimum atomic E-state index is -0.188. The van der Waals surface area contributed by atoms with Crippen molar-refractivity contribution in [3.05, 3.63) is 54.1 Å². The molecular weight excluding hydrogens is 330 g/mol. The molecule has 5 nitrogen and oxygen atoms in total. The van der Waals surface area contributed by atoms with Gasteiger partial charge >= 0.3 is 0 Å². The fraction of sp³-hybridized carbons (Fsp3) is 0.381. The zero-order valence-corrected chi connectivity index (χ0v) is 15.7. The van der Waals surface area contributed by atoms with Crippen LogP contribution in [-0.2, 0) is 4.74 Å². The SMILES string of the molecule is CCOCCOc1ccc(C(=O)Nc2ccccc2OCC(C)C)cc1. The van der Waals surface area contributed by atoms with Gasteiger partial charge in [0.1, 0.15) is 18.1 Å². The highest BCUT2D eigenvalue weighted by molar-refractivity contribution is 6.05. The summed E-state index contributed by atoms with van der Waals surface area (Å²) in [6, 6.07) is 14.5. The molecule has 0 saturated carbocycles. The van der Waals surface area contributed by atoms with Crippen molar-refractivity contribution in [2.24, 2.45) is 5.92 Å². The number of carbonyl (C=O) groups is 1. The average Bonchev–Trinajstić information content (AvgIpc) is 2.65. The van der Waals surface area contributed by atoms with Crippen LogP contribution in [0.1, 0.15) is 31.1 Å². The van der Waals surface area contributed by atoms with Crippen LogP contribution in [0.4, 0.5) is 5.69 Å². The molecule has 2 aromatic carbocycles. The lowest BCUT2D eigenvalue weighted by Crippen LogP contribution is -2.14. The molecule has 1 amide bonds. The van der Waals surface area contributed by atoms with Crippen molar-refractivity contribution in [1.29, 1.82) is 0 Å². The third-order valence-corrected chi connectivity index (χ3v) is 3.52. The van der Waals surface area contributed by atoms with Gasteiger partial charge in [0.15, 0.2) is 0 Å². The van der Waals surface area contributed by atoms with Crippen molar-refractivity contribution < 1.29 is 19.0 Å². The molecule has 0 fully saturated rings. The molecule has 0 spiro atoms. The highest BCUT2D eigenvalue weighted by Crippen LogP contribution is 2.25. The van der Waals surface area contributed by atoms with Gasteiger partial charge in [-0.15, -0.1) is 0 Å². The zero-order valence-electron chi connectivity index (χ0n) is 15.7. The van der Waals surface area contributed by atoms with E-state index in [-0.39, 0.29) is 5.91 Å². The van der Waals surface area contributed by atoms with Gasteiger partial charge in [-0.05, 0) is 49.2 Å². The Balaban J connectivity index is 1.95. The Kier molecular flexibility index (Phi) is 7.96. The lowest BCUT2D eigenvalue weighted by atomic mass is 10.2. The zero-order chi connectivity index (χ0) is 18.8. The van der Waals surface area contributed by atoms with Crippen LogP contribution in [0.15, 0.2) is 48.5 Å². The third kappa shape index (κ3) is 6.41. The monoisotopic (exact) mass is 357 g/mol. The van der Waals surface area contributed by atoms with Crippen molar-refractivity contribution >= 4 is 11.6 Å². The highest BCUT2D eigenvalue weighted by Gasteiger charge is 2.10. The molecule has 0 radical (unpaired) electrons. The Morgan fingerprint density at radius 3 is 2.42 bits per heavy atom. The summed E-state index contributed by atoms with van der Waals surface area (Å²) < 4.78 is 16.6. The number of amides is 1. The normalized spacial score (nSPS) is 10.6. The van der Waals surface area contributed by atoms with E-state index in [1.807, 2.05) is 31.2 Å². The van der Waals surface area contributed by atoms with Gasteiger partial charge in [-0.25, -0.2) is 0 Å². The van der Waals surface area contributed by atoms with Crippen LogP contribution in [0, 0.1) is 5.92 Å². The van der Waals surface area contributed by atoms with Gasteiger partial charge < -0.3 is 19.5 Å². The largest absolute Gasteiger partial charge is 0.491 e. The molecule has 2 rings (SSSR count). The molecule has 5 heteroatoms. The quantitative estimate of drug-likeness (QED) is 0.641. The van der Waals surface area contributed by atoms with E-state index in [1.54, 1.807) is 24.3 Å². The summed E-state index contributed by atoms with van der Waals surface area (Å²) in [5.41, 5.74) is 1.22. The number of nitrogens with one attached hydrogen (secondary N) is 1. The van der Waals surface area contributed by atoms with Crippen LogP contribution < -0.4 is 14.8 Å². The first kappa shape index (κ1) is 19.8. The number of hydrogen-bond acceptors (Lipinski definition) is 4. The highest BCUT2D eigenvalue weighted by atomic mass is 16.5. The summed E-state index contributed by atoms with van der Waals surface area (Å²) in [5.74, 6) is 1.60. The molecule has 0 aromatic heterocycles. The van der Waals surface area contributed by atoms with Crippen molar-refractivity contribution in [3.8, 4) is 11.5 Å². The fourth-order valence-electron chi connectivity index (χ4n) is 2.21. The van der Waals surface area contributed by atoms with Crippen LogP contribution in [0.2, 0.25) is 0 Å². The second-order valence-corrected chi connectivity index (χ2v) is 6.22. The van der Waals surface area contributed by atoms with Crippen LogP contribution in [-0.4, -0.2) is 32.3 Å². The summed E-state index contributed by atoms with van der Waals surface area (Å²) in [6.45, 7) is 8.41. The average molecular weight is 357 g/mol. The molecule has 140 valence electrons. The first-order valence-electron chi connectivity index (χ1n) is 8.94. The van der Waals surface area contributed by atoms with E-state index < -0.39 is 0 Å². The summed E-state index contributed by atoms with van der Waals surface area (Å²) in [6.07, 6.45) is 0. The van der Waals surface area contributed by atoms with Crippen molar-refractivity contribution in [3.63, 3.8) is 0 Å². The van der Waals surface area contributed by atoms with Gasteiger partial charge in [0.05, 0.1) is 18.9 Å². The first-order valence-corrected chi connectivity index (χ1v) is 8.94. The Labute approximate surface area is 155 Å². The molecule has 0 bridgehead atoms. The number of rotatable bonds is 10. The lowest BCUT2D eigenvalue weighted by molar-refractivity contribution is 0.102. The number of hydrogen-bond donors (Lipinski definition) is 1. The standard InChI is InChI=1S/C21H27NO4/c1-4-24-13-14-25-18-11-9-17(10-12-18)21(23)22-19-7-5-6-8-20(19)26-15-16(2)3/h5-12,16H,4,13-15H2,1-3H3,(H,22,23). The molecule has 1 N–H and O–H groups in total. The van der Waals surface area contributed by atoms with Crippen molar-refractivity contribution in [2.75, 3.05) is 31.7 Å². The van der Waals surface area contributed by atoms with Gasteiger partial charge in [0, 0.05) is 12.2 Å². The second kappa shape index (κ2) is 10.5. The third-order valence-electron chi connectivity index (χ3n) is 3.52. The number of para-hydroxylation sites is 2. The molecule has 0 heterocycles. The number of anilines is 1. The van der Waals surface area contributed by atoms with Crippen LogP contribution in [0.3, 0.4) is 0 Å². The van der Waals surface area contributed by atoms with Crippen LogP contribution >= 0.6 is 0 Å². The molecule has 0 aliphatic carbocycles. The molecule has 0 saturated heterocycles. The van der Waals surface area contributed by atoms with Gasteiger partial charge in [-0.1, -0.05) is 26.0 Å². The van der Waals surface area contributed by atoms with E-state index in [9.17, 15) is 4.79 Å². The predicted octanol–water partition coefficient (Wildman–Crippen LogP) is 4.39. The Hall–Kier alpha value is -2.53. The molecule has 0 aliphatic heterocycles. The summed E-state index contributed by atoms with van der Waals surface area (Å²) in [7, 11) is 0. The number of benzene rings is 2. The van der Waals surface area contributed by atoms with E-state index >= 15 is 0 Å². The molecule has 2 aromatic rings. The maximum Gasteiger partial charge on any atom is 0.255 e. The van der Waals surface area contributed by atoms with E-state index in [0.29, 0.717) is 55.1 Å². The number of ether oxygens (including phenoxy) is 3. The van der Waals surface area contributed by atoms with E-state index in [0.717, 1.165) is 0 Å². The molecule has 0 aliphatic rings. The molecular formula is C21H27NO4. The maximum absolute atomic E-state index is 12.5. The van der Waals surface area contributed by atoms with Crippen LogP contribution in [0.25, 0.3) is 0 Å². The second-order valence-electron chi connectivity index (χ2n) is 6.22. The van der Waals surface area contributed by atoms with Crippen molar-refractivity contribution in [2.45, 2.75) is 20.8 Å². The summed E-state index contributed by atoms with van der Waals surface area (Å²) in [5, 5.41) is 2.91. The Morgan fingerprint density at radius 2 is 1.73 bits per heavy atom. The fourth-order valence-corrected chi connectivity index (χ4v) is 2.21. The minimum Gasteiger partial charge on any atom is -0.491 e. The van der Waals surface area contributed by atoms with Gasteiger partial charge in [0.2, 0.25) is 0 Å². The van der Waals surface area contributed by atoms with Gasteiger partial charge in [-0.2, -0.15) is 0 Å². The summed E-state index contributed by atoms with van der Waals surface area (Å²) >= 11 is 0. The maximum atomic E-state index is 12.5. The first-order chi connectivity index (χ1) is 12.6. The summed E-state index contributed by atoms with van der Waals surface area (Å²) in [4.78, 5) is 12.5. The van der Waals surface area contributed by atoms with Crippen molar-refractivity contribution in [1.82, 2.24) is 0 Å². The van der Waals surface area contributed by atoms with E-state index in [2.05, 4.69) is 19.2 Å². The van der Waals surface area contributed by atoms with E-state index in [4.69, 9.17) is 14.2 Å². The predicted molar refractivity (Wildman–Crippen MR) is 103 cm³/mol. The van der Waals surface area contributed by atoms with E-state index in [1.165, 1.54) is 0 Å². The molecule has 0 atom stereocenters. The number of carbonyl (C=O) groups excluding carboxylic acids is 1. The smallest absolute Gasteiger partial charge is 0.255 e. The molecule has 0 unspecified atom stereocenters. The van der Waals surface area contributed by atoms with Crippen LogP contribution in [0.5, 0.6) is 11.5 Å². The molecule has 26 heavy (non-hydrogen) atoms. The Morgan fingerprint density at radius 1 is 1.00 bits per heavy atom. The lowest BCUT2D eigenvalue weighted by Gasteiger charge is -2.14. The Bertz CT molecular complexity index is 683. The minimum absolute atomic E-state index is 0.188. The topological polar surface area (TPSA) is 56.8 Å².